The number of alkyl carbamates (subject to hydrolysis) is 1. The van der Waals surface area contributed by atoms with Gasteiger partial charge < -0.3 is 15.4 Å². The minimum absolute atomic E-state index is 0.0894. The number of ether oxygens (including phenoxy) is 1. The van der Waals surface area contributed by atoms with Gasteiger partial charge in [-0.3, -0.25) is 14.9 Å². The Morgan fingerprint density at radius 1 is 1.28 bits per heavy atom. The van der Waals surface area contributed by atoms with Gasteiger partial charge in [0.25, 0.3) is 5.91 Å². The molecular weight excluding hydrogens is 410 g/mol. The average Bonchev–Trinajstić information content (AvgIpc) is 3.27. The lowest BCUT2D eigenvalue weighted by molar-refractivity contribution is -0.124. The van der Waals surface area contributed by atoms with Crippen LogP contribution in [-0.2, 0) is 9.53 Å². The van der Waals surface area contributed by atoms with Crippen LogP contribution in [0.2, 0.25) is 0 Å². The Balaban J connectivity index is 1.63. The van der Waals surface area contributed by atoms with Gasteiger partial charge in [0, 0.05) is 16.1 Å². The molecule has 0 bridgehead atoms. The van der Waals surface area contributed by atoms with Gasteiger partial charge in [-0.25, -0.2) is 4.79 Å². The summed E-state index contributed by atoms with van der Waals surface area (Å²) in [4.78, 5) is 37.8. The van der Waals surface area contributed by atoms with Crippen molar-refractivity contribution in [1.29, 1.82) is 0 Å². The van der Waals surface area contributed by atoms with Crippen LogP contribution in [0, 0.1) is 11.3 Å². The summed E-state index contributed by atoms with van der Waals surface area (Å²) in [6.07, 6.45) is -0.161. The lowest BCUT2D eigenvalue weighted by atomic mass is 9.96. The molecule has 0 spiro atoms. The second-order valence-corrected chi connectivity index (χ2v) is 10.5. The van der Waals surface area contributed by atoms with E-state index in [2.05, 4.69) is 36.7 Å². The van der Waals surface area contributed by atoms with E-state index >= 15 is 0 Å². The second-order valence-electron chi connectivity index (χ2n) is 8.09. The molecule has 3 N–H and O–H groups in total. The van der Waals surface area contributed by atoms with Gasteiger partial charge in [0.1, 0.15) is 0 Å². The molecule has 158 valence electrons. The van der Waals surface area contributed by atoms with Gasteiger partial charge in [-0.2, -0.15) is 0 Å². The fraction of sp³-hybridized carbons (Fsp3) is 0.550. The third-order valence-corrected chi connectivity index (χ3v) is 7.71. The number of nitrogens with one attached hydrogen (secondary N) is 3. The lowest BCUT2D eigenvalue weighted by Gasteiger charge is -2.26. The molecule has 1 saturated heterocycles. The van der Waals surface area contributed by atoms with Gasteiger partial charge in [-0.1, -0.05) is 32.5 Å². The number of benzene rings is 1. The zero-order valence-corrected chi connectivity index (χ0v) is 18.7. The molecule has 2 heterocycles. The summed E-state index contributed by atoms with van der Waals surface area (Å²) in [7, 11) is 0. The predicted molar refractivity (Wildman–Crippen MR) is 116 cm³/mol. The fourth-order valence-corrected chi connectivity index (χ4v) is 5.66. The van der Waals surface area contributed by atoms with E-state index in [1.54, 1.807) is 24.8 Å². The Labute approximate surface area is 179 Å². The van der Waals surface area contributed by atoms with E-state index in [1.807, 2.05) is 12.1 Å². The average molecular weight is 438 g/mol. The van der Waals surface area contributed by atoms with Crippen LogP contribution in [0.1, 0.15) is 44.5 Å². The molecule has 29 heavy (non-hydrogen) atoms. The summed E-state index contributed by atoms with van der Waals surface area (Å²) < 4.78 is 4.76. The third-order valence-electron chi connectivity index (χ3n) is 4.76. The summed E-state index contributed by atoms with van der Waals surface area (Å²) in [5.41, 5.74) is 1.59. The first kappa shape index (κ1) is 21.8. The number of hydrogen-bond acceptors (Lipinski definition) is 7. The first-order chi connectivity index (χ1) is 13.7. The number of carbonyl (C=O) groups is 3. The van der Waals surface area contributed by atoms with Gasteiger partial charge in [0.2, 0.25) is 5.91 Å². The highest BCUT2D eigenvalue weighted by Gasteiger charge is 2.36. The minimum Gasteiger partial charge on any atom is -0.450 e. The van der Waals surface area contributed by atoms with Crippen LogP contribution >= 0.6 is 23.5 Å². The van der Waals surface area contributed by atoms with Crippen molar-refractivity contribution < 1.29 is 19.1 Å². The highest BCUT2D eigenvalue weighted by molar-refractivity contribution is 8.00. The van der Waals surface area contributed by atoms with Crippen molar-refractivity contribution >= 4 is 47.1 Å². The van der Waals surface area contributed by atoms with Crippen molar-refractivity contribution in [3.8, 4) is 0 Å². The topological polar surface area (TPSA) is 96.5 Å². The number of imide groups is 1. The van der Waals surface area contributed by atoms with Crippen molar-refractivity contribution in [2.45, 2.75) is 49.8 Å². The Morgan fingerprint density at radius 3 is 2.72 bits per heavy atom. The maximum absolute atomic E-state index is 12.8. The molecule has 1 aromatic rings. The molecule has 0 saturated carbocycles. The van der Waals surface area contributed by atoms with E-state index < -0.39 is 17.9 Å². The molecule has 0 radical (unpaired) electrons. The standard InChI is InChI=1S/C20H27N3O4S2/c1-5-27-19(26)23-16(25)12-8-9-28-17(12)22-15(24)11-6-7-14-13(10-11)21-18(29-14)20(2,3)4/h6-7,10,12,17-18,21H,5,8-9H2,1-4H3,(H,22,24)(H,23,25,26). The number of thioether (sulfide) groups is 2. The number of rotatable bonds is 4. The van der Waals surface area contributed by atoms with Crippen molar-refractivity contribution in [3.05, 3.63) is 23.8 Å². The number of hydrogen-bond donors (Lipinski definition) is 3. The van der Waals surface area contributed by atoms with Gasteiger partial charge in [-0.15, -0.1) is 11.8 Å². The zero-order chi connectivity index (χ0) is 21.2. The van der Waals surface area contributed by atoms with Crippen LogP contribution in [0.25, 0.3) is 0 Å². The van der Waals surface area contributed by atoms with Gasteiger partial charge >= 0.3 is 6.09 Å². The monoisotopic (exact) mass is 437 g/mol. The molecule has 3 atom stereocenters. The van der Waals surface area contributed by atoms with Crippen molar-refractivity contribution in [2.75, 3.05) is 17.7 Å². The normalized spacial score (nSPS) is 23.1. The molecular formula is C20H27N3O4S2. The molecule has 7 nitrogen and oxygen atoms in total. The van der Waals surface area contributed by atoms with Gasteiger partial charge in [-0.05, 0) is 42.7 Å². The fourth-order valence-electron chi connectivity index (χ4n) is 3.15. The Hall–Kier alpha value is -1.87. The Kier molecular flexibility index (Phi) is 6.68. The highest BCUT2D eigenvalue weighted by atomic mass is 32.2. The number of carbonyl (C=O) groups excluding carboxylic acids is 3. The highest BCUT2D eigenvalue weighted by Crippen LogP contribution is 2.45. The van der Waals surface area contributed by atoms with E-state index in [0.29, 0.717) is 12.0 Å². The van der Waals surface area contributed by atoms with E-state index in [0.717, 1.165) is 16.3 Å². The molecule has 9 heteroatoms. The van der Waals surface area contributed by atoms with Crippen LogP contribution in [0.5, 0.6) is 0 Å². The molecule has 0 aliphatic carbocycles. The molecule has 2 aliphatic rings. The Bertz CT molecular complexity index is 809. The van der Waals surface area contributed by atoms with E-state index in [9.17, 15) is 14.4 Å². The summed E-state index contributed by atoms with van der Waals surface area (Å²) in [5, 5.41) is 8.54. The van der Waals surface area contributed by atoms with Crippen LogP contribution in [0.3, 0.4) is 0 Å². The second kappa shape index (κ2) is 8.87. The van der Waals surface area contributed by atoms with E-state index in [4.69, 9.17) is 4.74 Å². The lowest BCUT2D eigenvalue weighted by Crippen LogP contribution is -2.44. The van der Waals surface area contributed by atoms with Crippen LogP contribution in [0.15, 0.2) is 23.1 Å². The maximum atomic E-state index is 12.8. The van der Waals surface area contributed by atoms with Crippen LogP contribution < -0.4 is 16.0 Å². The van der Waals surface area contributed by atoms with Gasteiger partial charge in [0.05, 0.1) is 23.3 Å². The van der Waals surface area contributed by atoms with E-state index in [1.165, 1.54) is 11.8 Å². The van der Waals surface area contributed by atoms with Crippen LogP contribution in [-0.4, -0.2) is 41.0 Å². The summed E-state index contributed by atoms with van der Waals surface area (Å²) >= 11 is 3.27. The van der Waals surface area contributed by atoms with E-state index in [-0.39, 0.29) is 28.7 Å². The third kappa shape index (κ3) is 5.19. The molecule has 1 aromatic carbocycles. The predicted octanol–water partition coefficient (Wildman–Crippen LogP) is 3.66. The van der Waals surface area contributed by atoms with Crippen molar-refractivity contribution in [3.63, 3.8) is 0 Å². The zero-order valence-electron chi connectivity index (χ0n) is 17.0. The first-order valence-electron chi connectivity index (χ1n) is 9.66. The molecule has 3 rings (SSSR count). The Morgan fingerprint density at radius 2 is 2.03 bits per heavy atom. The summed E-state index contributed by atoms with van der Waals surface area (Å²) in [6.45, 7) is 8.40. The smallest absolute Gasteiger partial charge is 0.413 e. The number of fused-ring (bicyclic) bond motifs is 1. The number of anilines is 1. The largest absolute Gasteiger partial charge is 0.450 e. The molecule has 0 aromatic heterocycles. The quantitative estimate of drug-likeness (QED) is 0.661. The van der Waals surface area contributed by atoms with Gasteiger partial charge in [0.15, 0.2) is 0 Å². The number of amides is 3. The SMILES string of the molecule is CCOC(=O)NC(=O)C1CCSC1NC(=O)c1ccc2c(c1)NC(C(C)(C)C)S2. The van der Waals surface area contributed by atoms with Crippen molar-refractivity contribution in [2.24, 2.45) is 11.3 Å². The molecule has 3 amide bonds. The van der Waals surface area contributed by atoms with Crippen LogP contribution in [0.4, 0.5) is 10.5 Å². The maximum Gasteiger partial charge on any atom is 0.413 e. The first-order valence-corrected chi connectivity index (χ1v) is 11.6. The summed E-state index contributed by atoms with van der Waals surface area (Å²) in [6, 6.07) is 5.62. The molecule has 1 fully saturated rings. The minimum atomic E-state index is -0.755. The van der Waals surface area contributed by atoms with Crippen molar-refractivity contribution in [1.82, 2.24) is 10.6 Å². The molecule has 3 unspecified atom stereocenters. The summed E-state index contributed by atoms with van der Waals surface area (Å²) in [5.74, 6) is -0.380. The molecule has 2 aliphatic heterocycles.